The maximum atomic E-state index is 9.43. The van der Waals surface area contributed by atoms with E-state index in [1.165, 1.54) is 4.90 Å². The number of nitrogens with zero attached hydrogens (tertiary/aromatic N) is 1. The van der Waals surface area contributed by atoms with Crippen LogP contribution in [-0.4, -0.2) is 31.4 Å². The fourth-order valence-electron chi connectivity index (χ4n) is 0. The first-order valence-electron chi connectivity index (χ1n) is 2.30. The molecule has 5 heteroatoms. The number of carbonyl (C=O) groups excluding carboxylic acids is 2. The average Bonchev–Trinajstić information content (AvgIpc) is 1.65. The zero-order chi connectivity index (χ0) is 7.86. The summed E-state index contributed by atoms with van der Waals surface area (Å²) < 4.78 is 0. The van der Waals surface area contributed by atoms with Gasteiger partial charge in [0.25, 0.3) is 0 Å². The van der Waals surface area contributed by atoms with Crippen molar-refractivity contribution in [2.75, 3.05) is 14.1 Å². The fraction of sp³-hybridized carbons (Fsp3) is 0.600. The maximum absolute atomic E-state index is 9.43. The van der Waals surface area contributed by atoms with Crippen molar-refractivity contribution in [3.63, 3.8) is 0 Å². The van der Waals surface area contributed by atoms with Crippen molar-refractivity contribution >= 4 is 12.4 Å². The van der Waals surface area contributed by atoms with Crippen LogP contribution in [0.4, 0.5) is 0 Å². The van der Waals surface area contributed by atoms with Crippen molar-refractivity contribution in [3.8, 4) is 0 Å². The van der Waals surface area contributed by atoms with Crippen LogP contribution in [0.5, 0.6) is 0 Å². The van der Waals surface area contributed by atoms with E-state index in [0.717, 1.165) is 13.3 Å². The predicted octanol–water partition coefficient (Wildman–Crippen LogP) is -4.54. The van der Waals surface area contributed by atoms with E-state index in [4.69, 9.17) is 9.90 Å². The molecular formula is C5H10KNO3. The molecule has 0 aromatic rings. The molecule has 0 spiro atoms. The molecule has 0 saturated carbocycles. The molecule has 0 aliphatic rings. The smallest absolute Gasteiger partial charge is 0.550 e. The zero-order valence-electron chi connectivity index (χ0n) is 6.75. The maximum Gasteiger partial charge on any atom is 1.00 e. The molecule has 1 amide bonds. The molecule has 0 rings (SSSR count). The van der Waals surface area contributed by atoms with Gasteiger partial charge in [-0.05, 0) is 6.92 Å². The van der Waals surface area contributed by atoms with Crippen LogP contribution in [0.3, 0.4) is 0 Å². The average molecular weight is 171 g/mol. The van der Waals surface area contributed by atoms with Gasteiger partial charge in [-0.25, -0.2) is 0 Å². The Labute approximate surface area is 103 Å². The molecule has 0 saturated heterocycles. The number of hydrogen-bond donors (Lipinski definition) is 0. The molecule has 0 atom stereocenters. The Morgan fingerprint density at radius 2 is 1.60 bits per heavy atom. The summed E-state index contributed by atoms with van der Waals surface area (Å²) in [6, 6.07) is 0. The normalized spacial score (nSPS) is 5.90. The molecule has 0 heterocycles. The van der Waals surface area contributed by atoms with Gasteiger partial charge >= 0.3 is 51.4 Å². The molecule has 0 bridgehead atoms. The number of aliphatic carboxylic acids is 1. The van der Waals surface area contributed by atoms with Gasteiger partial charge in [0.1, 0.15) is 0 Å². The molecule has 0 aliphatic heterocycles. The minimum atomic E-state index is -1.08. The van der Waals surface area contributed by atoms with Crippen LogP contribution in [0.1, 0.15) is 6.92 Å². The van der Waals surface area contributed by atoms with Gasteiger partial charge in [0.15, 0.2) is 0 Å². The Kier molecular flexibility index (Phi) is 20.7. The van der Waals surface area contributed by atoms with Gasteiger partial charge in [0, 0.05) is 20.1 Å². The van der Waals surface area contributed by atoms with Gasteiger partial charge in [-0.15, -0.1) is 0 Å². The first-order chi connectivity index (χ1) is 4.00. The number of carboxylic acids is 1. The molecule has 0 radical (unpaired) electrons. The number of carbonyl (C=O) groups is 2. The SMILES string of the molecule is CC(=O)[O-].CN(C)C=O.[K+]. The van der Waals surface area contributed by atoms with Crippen molar-refractivity contribution in [2.24, 2.45) is 0 Å². The second-order valence-electron chi connectivity index (χ2n) is 1.56. The fourth-order valence-corrected chi connectivity index (χ4v) is 0. The molecule has 4 nitrogen and oxygen atoms in total. The Bertz CT molecular complexity index is 90.9. The summed E-state index contributed by atoms with van der Waals surface area (Å²) in [5.41, 5.74) is 0. The molecule has 54 valence electrons. The van der Waals surface area contributed by atoms with Crippen LogP contribution in [0.15, 0.2) is 0 Å². The van der Waals surface area contributed by atoms with Crippen LogP contribution in [0, 0.1) is 0 Å². The van der Waals surface area contributed by atoms with Crippen LogP contribution >= 0.6 is 0 Å². The van der Waals surface area contributed by atoms with Crippen molar-refractivity contribution in [1.82, 2.24) is 4.90 Å². The third kappa shape index (κ3) is 74.2. The van der Waals surface area contributed by atoms with Gasteiger partial charge in [0.2, 0.25) is 6.41 Å². The quantitative estimate of drug-likeness (QED) is 0.295. The van der Waals surface area contributed by atoms with E-state index < -0.39 is 5.97 Å². The third-order valence-corrected chi connectivity index (χ3v) is 0.211. The van der Waals surface area contributed by atoms with Crippen LogP contribution in [0.2, 0.25) is 0 Å². The summed E-state index contributed by atoms with van der Waals surface area (Å²) in [5.74, 6) is -1.08. The van der Waals surface area contributed by atoms with Crippen LogP contribution in [-0.2, 0) is 9.59 Å². The molecular weight excluding hydrogens is 161 g/mol. The Hall–Kier alpha value is 0.576. The number of rotatable bonds is 1. The summed E-state index contributed by atoms with van der Waals surface area (Å²) in [5, 5.41) is 8.89. The molecule has 0 aliphatic carbocycles. The minimum Gasteiger partial charge on any atom is -0.550 e. The minimum absolute atomic E-state index is 0. The Balaban J connectivity index is -0.0000000910. The van der Waals surface area contributed by atoms with E-state index >= 15 is 0 Å². The van der Waals surface area contributed by atoms with Crippen molar-refractivity contribution in [2.45, 2.75) is 6.92 Å². The van der Waals surface area contributed by atoms with E-state index in [-0.39, 0.29) is 51.4 Å². The summed E-state index contributed by atoms with van der Waals surface area (Å²) >= 11 is 0. The summed E-state index contributed by atoms with van der Waals surface area (Å²) in [4.78, 5) is 19.8. The standard InChI is InChI=1S/C3H7NO.C2H4O2.K/c1-4(2)3-5;1-2(3)4;/h3H,1-2H3;1H3,(H,3,4);/q;;+1/p-1. The van der Waals surface area contributed by atoms with E-state index in [1.54, 1.807) is 14.1 Å². The van der Waals surface area contributed by atoms with Crippen LogP contribution < -0.4 is 56.5 Å². The molecule has 0 unspecified atom stereocenters. The van der Waals surface area contributed by atoms with E-state index in [0.29, 0.717) is 0 Å². The van der Waals surface area contributed by atoms with Gasteiger partial charge in [-0.3, -0.25) is 4.79 Å². The molecule has 0 N–H and O–H groups in total. The molecule has 0 fully saturated rings. The number of carboxylic acid groups (broad SMARTS) is 1. The summed E-state index contributed by atoms with van der Waals surface area (Å²) in [7, 11) is 3.38. The Morgan fingerprint density at radius 1 is 1.50 bits per heavy atom. The second kappa shape index (κ2) is 12.3. The molecule has 0 aromatic heterocycles. The first kappa shape index (κ1) is 16.9. The van der Waals surface area contributed by atoms with Gasteiger partial charge in [-0.2, -0.15) is 0 Å². The second-order valence-corrected chi connectivity index (χ2v) is 1.56. The first-order valence-corrected chi connectivity index (χ1v) is 2.30. The number of hydrogen-bond acceptors (Lipinski definition) is 3. The van der Waals surface area contributed by atoms with Crippen molar-refractivity contribution in [3.05, 3.63) is 0 Å². The van der Waals surface area contributed by atoms with E-state index in [9.17, 15) is 4.79 Å². The van der Waals surface area contributed by atoms with Crippen molar-refractivity contribution in [1.29, 1.82) is 0 Å². The van der Waals surface area contributed by atoms with E-state index in [1.807, 2.05) is 0 Å². The van der Waals surface area contributed by atoms with Crippen LogP contribution in [0.25, 0.3) is 0 Å². The van der Waals surface area contributed by atoms with Crippen molar-refractivity contribution < 1.29 is 66.1 Å². The zero-order valence-corrected chi connectivity index (χ0v) is 9.87. The monoisotopic (exact) mass is 171 g/mol. The molecule has 10 heavy (non-hydrogen) atoms. The predicted molar refractivity (Wildman–Crippen MR) is 30.4 cm³/mol. The number of amides is 1. The summed E-state index contributed by atoms with van der Waals surface area (Å²) in [6.45, 7) is 0.972. The topological polar surface area (TPSA) is 60.4 Å². The molecule has 0 aromatic carbocycles. The van der Waals surface area contributed by atoms with Gasteiger partial charge in [0.05, 0.1) is 0 Å². The van der Waals surface area contributed by atoms with Gasteiger partial charge < -0.3 is 14.8 Å². The third-order valence-electron chi connectivity index (χ3n) is 0.211. The largest absolute Gasteiger partial charge is 1.00 e. The Morgan fingerprint density at radius 3 is 1.60 bits per heavy atom. The van der Waals surface area contributed by atoms with Gasteiger partial charge in [-0.1, -0.05) is 0 Å². The summed E-state index contributed by atoms with van der Waals surface area (Å²) in [6.07, 6.45) is 0.750. The van der Waals surface area contributed by atoms with E-state index in [2.05, 4.69) is 0 Å².